The highest BCUT2D eigenvalue weighted by atomic mass is 16.1. The van der Waals surface area contributed by atoms with Crippen molar-refractivity contribution in [3.63, 3.8) is 0 Å². The van der Waals surface area contributed by atoms with Gasteiger partial charge in [0, 0.05) is 24.7 Å². The van der Waals surface area contributed by atoms with E-state index in [0.717, 1.165) is 17.0 Å². The molecule has 0 aromatic carbocycles. The van der Waals surface area contributed by atoms with Gasteiger partial charge in [-0.1, -0.05) is 0 Å². The first-order chi connectivity index (χ1) is 7.66. The minimum Gasteiger partial charge on any atom is -0.316 e. The van der Waals surface area contributed by atoms with Gasteiger partial charge in [0.2, 0.25) is 0 Å². The normalized spacial score (nSPS) is 15.6. The average molecular weight is 215 g/mol. The van der Waals surface area contributed by atoms with Gasteiger partial charge >= 0.3 is 0 Å². The van der Waals surface area contributed by atoms with Crippen LogP contribution in [0, 0.1) is 0 Å². The Labute approximate surface area is 93.3 Å². The van der Waals surface area contributed by atoms with E-state index in [0.29, 0.717) is 11.5 Å². The Hall–Kier alpha value is -1.71. The van der Waals surface area contributed by atoms with E-state index in [4.69, 9.17) is 0 Å². The van der Waals surface area contributed by atoms with Crippen LogP contribution >= 0.6 is 0 Å². The van der Waals surface area contributed by atoms with Crippen molar-refractivity contribution in [2.75, 3.05) is 0 Å². The van der Waals surface area contributed by atoms with Crippen molar-refractivity contribution >= 4 is 16.9 Å². The van der Waals surface area contributed by atoms with Crippen molar-refractivity contribution < 1.29 is 4.79 Å². The van der Waals surface area contributed by atoms with Gasteiger partial charge in [0.05, 0.1) is 0 Å². The average Bonchev–Trinajstić information content (AvgIpc) is 3.04. The molecule has 0 spiro atoms. The topological polar surface area (TPSA) is 47.8 Å². The number of aryl methyl sites for hydroxylation is 1. The number of rotatable bonds is 2. The van der Waals surface area contributed by atoms with E-state index in [2.05, 4.69) is 9.97 Å². The SMILES string of the molecule is CC(=O)c1cnc2c(c1)nc(C1CC1)n2C. The second kappa shape index (κ2) is 3.14. The molecule has 1 saturated carbocycles. The Kier molecular flexibility index (Phi) is 1.87. The number of carbonyl (C=O) groups excluding carboxylic acids is 1. The third kappa shape index (κ3) is 1.33. The molecule has 0 atom stereocenters. The van der Waals surface area contributed by atoms with Crippen LogP contribution < -0.4 is 0 Å². The molecule has 16 heavy (non-hydrogen) atoms. The summed E-state index contributed by atoms with van der Waals surface area (Å²) in [6.45, 7) is 1.55. The summed E-state index contributed by atoms with van der Waals surface area (Å²) in [7, 11) is 1.99. The molecule has 0 N–H and O–H groups in total. The standard InChI is InChI=1S/C12H13N3O/c1-7(16)9-5-10-12(13-6-9)15(2)11(14-10)8-3-4-8/h5-6,8H,3-4H2,1-2H3. The van der Waals surface area contributed by atoms with Crippen molar-refractivity contribution in [1.29, 1.82) is 0 Å². The summed E-state index contributed by atoms with van der Waals surface area (Å²) in [5.74, 6) is 1.73. The van der Waals surface area contributed by atoms with Crippen LogP contribution in [0.25, 0.3) is 11.2 Å². The van der Waals surface area contributed by atoms with E-state index in [1.165, 1.54) is 12.8 Å². The minimum atomic E-state index is 0.0352. The lowest BCUT2D eigenvalue weighted by atomic mass is 10.2. The number of ketones is 1. The van der Waals surface area contributed by atoms with Gasteiger partial charge in [-0.3, -0.25) is 4.79 Å². The zero-order valence-electron chi connectivity index (χ0n) is 9.40. The van der Waals surface area contributed by atoms with Crippen molar-refractivity contribution in [2.45, 2.75) is 25.7 Å². The molecule has 3 rings (SSSR count). The molecule has 0 aliphatic heterocycles. The molecule has 1 aliphatic carbocycles. The molecule has 1 fully saturated rings. The summed E-state index contributed by atoms with van der Waals surface area (Å²) >= 11 is 0. The molecular formula is C12H13N3O. The van der Waals surface area contributed by atoms with Gasteiger partial charge in [0.1, 0.15) is 11.3 Å². The molecule has 1 aliphatic rings. The van der Waals surface area contributed by atoms with E-state index < -0.39 is 0 Å². The summed E-state index contributed by atoms with van der Waals surface area (Å²) in [6.07, 6.45) is 4.07. The van der Waals surface area contributed by atoms with E-state index in [1.807, 2.05) is 17.7 Å². The van der Waals surface area contributed by atoms with Crippen LogP contribution in [0.15, 0.2) is 12.3 Å². The lowest BCUT2D eigenvalue weighted by Crippen LogP contribution is -1.97. The van der Waals surface area contributed by atoms with Crippen LogP contribution in [-0.4, -0.2) is 20.3 Å². The first kappa shape index (κ1) is 9.51. The molecule has 2 aromatic rings. The molecule has 2 heterocycles. The molecule has 0 saturated heterocycles. The number of nitrogens with zero attached hydrogens (tertiary/aromatic N) is 3. The van der Waals surface area contributed by atoms with Crippen LogP contribution in [0.5, 0.6) is 0 Å². The van der Waals surface area contributed by atoms with Crippen LogP contribution in [0.3, 0.4) is 0 Å². The second-order valence-electron chi connectivity index (χ2n) is 4.43. The first-order valence-corrected chi connectivity index (χ1v) is 5.50. The van der Waals surface area contributed by atoms with E-state index in [9.17, 15) is 4.79 Å². The molecule has 0 bridgehead atoms. The monoisotopic (exact) mass is 215 g/mol. The maximum atomic E-state index is 11.3. The van der Waals surface area contributed by atoms with Crippen LogP contribution in [0.1, 0.15) is 41.9 Å². The Morgan fingerprint density at radius 3 is 2.88 bits per heavy atom. The smallest absolute Gasteiger partial charge is 0.161 e. The zero-order valence-corrected chi connectivity index (χ0v) is 9.40. The van der Waals surface area contributed by atoms with Crippen molar-refractivity contribution in [3.05, 3.63) is 23.7 Å². The summed E-state index contributed by atoms with van der Waals surface area (Å²) in [5, 5.41) is 0. The van der Waals surface area contributed by atoms with Crippen molar-refractivity contribution in [3.8, 4) is 0 Å². The summed E-state index contributed by atoms with van der Waals surface area (Å²) < 4.78 is 2.04. The minimum absolute atomic E-state index is 0.0352. The molecule has 0 unspecified atom stereocenters. The number of hydrogen-bond donors (Lipinski definition) is 0. The second-order valence-corrected chi connectivity index (χ2v) is 4.43. The molecule has 4 heteroatoms. The van der Waals surface area contributed by atoms with Crippen molar-refractivity contribution in [2.24, 2.45) is 7.05 Å². The maximum Gasteiger partial charge on any atom is 0.161 e. The van der Waals surface area contributed by atoms with E-state index >= 15 is 0 Å². The fraction of sp³-hybridized carbons (Fsp3) is 0.417. The summed E-state index contributed by atoms with van der Waals surface area (Å²) in [6, 6.07) is 1.83. The number of aromatic nitrogens is 3. The molecule has 82 valence electrons. The highest BCUT2D eigenvalue weighted by Crippen LogP contribution is 2.39. The predicted molar refractivity (Wildman–Crippen MR) is 60.5 cm³/mol. The Balaban J connectivity index is 2.20. The highest BCUT2D eigenvalue weighted by Gasteiger charge is 2.28. The molecular weight excluding hydrogens is 202 g/mol. The number of hydrogen-bond acceptors (Lipinski definition) is 3. The highest BCUT2D eigenvalue weighted by molar-refractivity contribution is 5.96. The van der Waals surface area contributed by atoms with Crippen LogP contribution in [-0.2, 0) is 7.05 Å². The molecule has 4 nitrogen and oxygen atoms in total. The van der Waals surface area contributed by atoms with Crippen LogP contribution in [0.2, 0.25) is 0 Å². The van der Waals surface area contributed by atoms with Gasteiger partial charge < -0.3 is 4.57 Å². The number of Topliss-reactive ketones (excluding diaryl/α,β-unsaturated/α-hetero) is 1. The number of imidazole rings is 1. The third-order valence-corrected chi connectivity index (χ3v) is 3.09. The molecule has 0 amide bonds. The van der Waals surface area contributed by atoms with Crippen molar-refractivity contribution in [1.82, 2.24) is 14.5 Å². The summed E-state index contributed by atoms with van der Waals surface area (Å²) in [4.78, 5) is 20.1. The van der Waals surface area contributed by atoms with Gasteiger partial charge in [-0.25, -0.2) is 9.97 Å². The lowest BCUT2D eigenvalue weighted by molar-refractivity contribution is 0.101. The van der Waals surface area contributed by atoms with Gasteiger partial charge in [-0.2, -0.15) is 0 Å². The van der Waals surface area contributed by atoms with Gasteiger partial charge in [0.25, 0.3) is 0 Å². The molecule has 2 aromatic heterocycles. The summed E-state index contributed by atoms with van der Waals surface area (Å²) in [5.41, 5.74) is 2.33. The maximum absolute atomic E-state index is 11.3. The fourth-order valence-corrected chi connectivity index (χ4v) is 1.99. The van der Waals surface area contributed by atoms with E-state index in [-0.39, 0.29) is 5.78 Å². The van der Waals surface area contributed by atoms with Gasteiger partial charge in [-0.05, 0) is 25.8 Å². The quantitative estimate of drug-likeness (QED) is 0.720. The number of carbonyl (C=O) groups is 1. The zero-order chi connectivity index (χ0) is 11.3. The van der Waals surface area contributed by atoms with E-state index in [1.54, 1.807) is 13.1 Å². The Morgan fingerprint density at radius 1 is 1.50 bits per heavy atom. The Bertz CT molecular complexity index is 581. The van der Waals surface area contributed by atoms with Gasteiger partial charge in [0.15, 0.2) is 11.4 Å². The number of fused-ring (bicyclic) bond motifs is 1. The third-order valence-electron chi connectivity index (χ3n) is 3.09. The first-order valence-electron chi connectivity index (χ1n) is 5.50. The van der Waals surface area contributed by atoms with Crippen LogP contribution in [0.4, 0.5) is 0 Å². The Morgan fingerprint density at radius 2 is 2.25 bits per heavy atom. The molecule has 0 radical (unpaired) electrons. The number of pyridine rings is 1. The fourth-order valence-electron chi connectivity index (χ4n) is 1.99. The predicted octanol–water partition coefficient (Wildman–Crippen LogP) is 2.05. The largest absolute Gasteiger partial charge is 0.316 e. The van der Waals surface area contributed by atoms with Gasteiger partial charge in [-0.15, -0.1) is 0 Å². The lowest BCUT2D eigenvalue weighted by Gasteiger charge is -1.98.